The summed E-state index contributed by atoms with van der Waals surface area (Å²) < 4.78 is 0. The largest absolute Gasteiger partial charge is 0.510 e. The molecule has 0 amide bonds. The van der Waals surface area contributed by atoms with Crippen molar-refractivity contribution >= 4 is 16.7 Å². The van der Waals surface area contributed by atoms with Gasteiger partial charge in [0, 0.05) is 29.3 Å². The summed E-state index contributed by atoms with van der Waals surface area (Å²) in [5.74, 6) is 0.268. The van der Waals surface area contributed by atoms with Gasteiger partial charge < -0.3 is 20.1 Å². The van der Waals surface area contributed by atoms with E-state index in [2.05, 4.69) is 16.0 Å². The molecule has 5 heteroatoms. The summed E-state index contributed by atoms with van der Waals surface area (Å²) in [4.78, 5) is 9.57. The number of aliphatic hydroxyl groups excluding tert-OH is 2. The topological polar surface area (TPSA) is 72.4 Å². The summed E-state index contributed by atoms with van der Waals surface area (Å²) in [6.07, 6.45) is 6.49. The average Bonchev–Trinajstić information content (AvgIpc) is 3.09. The number of aromatic amines is 1. The van der Waals surface area contributed by atoms with E-state index in [0.717, 1.165) is 33.5 Å². The van der Waals surface area contributed by atoms with Crippen molar-refractivity contribution in [3.63, 3.8) is 0 Å². The number of hydrogen-bond donors (Lipinski definition) is 3. The van der Waals surface area contributed by atoms with Crippen LogP contribution in [-0.2, 0) is 0 Å². The maximum absolute atomic E-state index is 10.0. The van der Waals surface area contributed by atoms with E-state index in [1.54, 1.807) is 19.1 Å². The Hall–Kier alpha value is -3.05. The molecule has 0 saturated carbocycles. The first-order valence-electron chi connectivity index (χ1n) is 8.21. The van der Waals surface area contributed by atoms with Crippen LogP contribution in [-0.4, -0.2) is 32.8 Å². The first-order valence-corrected chi connectivity index (χ1v) is 8.21. The van der Waals surface area contributed by atoms with Gasteiger partial charge in [0.2, 0.25) is 0 Å². The van der Waals surface area contributed by atoms with Gasteiger partial charge in [-0.15, -0.1) is 0 Å². The number of nitrogens with one attached hydrogen (secondary N) is 1. The van der Waals surface area contributed by atoms with Gasteiger partial charge in [-0.05, 0) is 48.9 Å². The molecular formula is C20H19N3O2. The number of hydrogen-bond acceptors (Lipinski definition) is 4. The molecular weight excluding hydrogens is 314 g/mol. The molecule has 1 aromatic carbocycles. The Labute approximate surface area is 145 Å². The van der Waals surface area contributed by atoms with Crippen LogP contribution in [0.2, 0.25) is 0 Å². The molecule has 3 heterocycles. The van der Waals surface area contributed by atoms with Crippen LogP contribution in [0.5, 0.6) is 0 Å². The minimum atomic E-state index is -0.620. The number of fused-ring (bicyclic) bond motifs is 1. The highest BCUT2D eigenvalue weighted by Gasteiger charge is 2.20. The summed E-state index contributed by atoms with van der Waals surface area (Å²) >= 11 is 0. The molecule has 0 aliphatic carbocycles. The van der Waals surface area contributed by atoms with Gasteiger partial charge in [-0.3, -0.25) is 4.98 Å². The van der Waals surface area contributed by atoms with Gasteiger partial charge in [0.15, 0.2) is 0 Å². The van der Waals surface area contributed by atoms with Gasteiger partial charge in [-0.2, -0.15) is 0 Å². The summed E-state index contributed by atoms with van der Waals surface area (Å²) in [5.41, 5.74) is 5.64. The second-order valence-electron chi connectivity index (χ2n) is 6.20. The molecule has 5 nitrogen and oxygen atoms in total. The number of aromatic nitrogens is 2. The highest BCUT2D eigenvalue weighted by atomic mass is 16.3. The highest BCUT2D eigenvalue weighted by Crippen LogP contribution is 2.30. The number of allylic oxidation sites excluding steroid dienone is 2. The maximum atomic E-state index is 10.0. The number of benzene rings is 1. The quantitative estimate of drug-likeness (QED) is 0.682. The number of nitrogens with zero attached hydrogens (tertiary/aromatic N) is 2. The zero-order valence-electron chi connectivity index (χ0n) is 13.8. The maximum Gasteiger partial charge on any atom is 0.112 e. The lowest BCUT2D eigenvalue weighted by atomic mass is 10.0. The summed E-state index contributed by atoms with van der Waals surface area (Å²) in [7, 11) is 0. The van der Waals surface area contributed by atoms with Crippen LogP contribution in [0.1, 0.15) is 6.92 Å². The highest BCUT2D eigenvalue weighted by molar-refractivity contribution is 5.81. The fourth-order valence-corrected chi connectivity index (χ4v) is 3.13. The lowest BCUT2D eigenvalue weighted by Gasteiger charge is -2.31. The Bertz CT molecular complexity index is 985. The number of anilines is 1. The molecule has 2 aromatic heterocycles. The fourth-order valence-electron chi connectivity index (χ4n) is 3.13. The van der Waals surface area contributed by atoms with Crippen LogP contribution in [0, 0.1) is 0 Å². The van der Waals surface area contributed by atoms with Crippen LogP contribution < -0.4 is 4.90 Å². The Kier molecular flexibility index (Phi) is 3.78. The molecule has 126 valence electrons. The third-order valence-corrected chi connectivity index (χ3v) is 4.40. The second kappa shape index (κ2) is 6.11. The Morgan fingerprint density at radius 1 is 1.16 bits per heavy atom. The van der Waals surface area contributed by atoms with Gasteiger partial charge >= 0.3 is 0 Å². The molecule has 4 rings (SSSR count). The van der Waals surface area contributed by atoms with Crippen molar-refractivity contribution < 1.29 is 10.2 Å². The monoisotopic (exact) mass is 333 g/mol. The van der Waals surface area contributed by atoms with E-state index in [0.29, 0.717) is 6.54 Å². The smallest absolute Gasteiger partial charge is 0.112 e. The third-order valence-electron chi connectivity index (χ3n) is 4.40. The first-order chi connectivity index (χ1) is 12.1. The van der Waals surface area contributed by atoms with Gasteiger partial charge in [0.1, 0.15) is 5.76 Å². The third kappa shape index (κ3) is 2.90. The van der Waals surface area contributed by atoms with Crippen molar-refractivity contribution in [2.45, 2.75) is 13.0 Å². The Balaban J connectivity index is 1.74. The zero-order chi connectivity index (χ0) is 17.4. The van der Waals surface area contributed by atoms with Crippen molar-refractivity contribution in [2.24, 2.45) is 0 Å². The first kappa shape index (κ1) is 15.5. The molecule has 0 spiro atoms. The molecule has 3 aromatic rings. The van der Waals surface area contributed by atoms with E-state index < -0.39 is 6.10 Å². The summed E-state index contributed by atoms with van der Waals surface area (Å²) in [6.45, 7) is 2.07. The van der Waals surface area contributed by atoms with Crippen LogP contribution in [0.3, 0.4) is 0 Å². The van der Waals surface area contributed by atoms with Crippen molar-refractivity contribution in [3.8, 4) is 11.1 Å². The van der Waals surface area contributed by atoms with Crippen LogP contribution in [0.25, 0.3) is 22.2 Å². The predicted octanol–water partition coefficient (Wildman–Crippen LogP) is 3.76. The van der Waals surface area contributed by atoms with Gasteiger partial charge in [-0.1, -0.05) is 12.1 Å². The number of rotatable bonds is 3. The van der Waals surface area contributed by atoms with Crippen molar-refractivity contribution in [1.29, 1.82) is 0 Å². The van der Waals surface area contributed by atoms with E-state index in [9.17, 15) is 10.2 Å². The van der Waals surface area contributed by atoms with Gasteiger partial charge in [0.25, 0.3) is 0 Å². The molecule has 1 unspecified atom stereocenters. The predicted molar refractivity (Wildman–Crippen MR) is 99.4 cm³/mol. The van der Waals surface area contributed by atoms with Crippen molar-refractivity contribution in [1.82, 2.24) is 9.97 Å². The second-order valence-corrected chi connectivity index (χ2v) is 6.20. The Morgan fingerprint density at radius 2 is 2.04 bits per heavy atom. The molecule has 0 saturated heterocycles. The SMILES string of the molecule is CC(O)C1=CC=C(O)CN1c1cccc(-c2cnc3cc[nH]c3c2)c1. The molecule has 1 aliphatic heterocycles. The van der Waals surface area contributed by atoms with Crippen molar-refractivity contribution in [3.05, 3.63) is 72.4 Å². The van der Waals surface area contributed by atoms with E-state index in [1.165, 1.54) is 0 Å². The van der Waals surface area contributed by atoms with Crippen LogP contribution in [0.4, 0.5) is 5.69 Å². The molecule has 0 radical (unpaired) electrons. The van der Waals surface area contributed by atoms with E-state index in [-0.39, 0.29) is 5.76 Å². The summed E-state index contributed by atoms with van der Waals surface area (Å²) in [6, 6.07) is 12.0. The molecule has 25 heavy (non-hydrogen) atoms. The van der Waals surface area contributed by atoms with Crippen LogP contribution in [0.15, 0.2) is 72.4 Å². The van der Waals surface area contributed by atoms with Crippen molar-refractivity contribution in [2.75, 3.05) is 11.4 Å². The van der Waals surface area contributed by atoms with E-state index >= 15 is 0 Å². The molecule has 1 aliphatic rings. The zero-order valence-corrected chi connectivity index (χ0v) is 13.8. The number of aliphatic hydroxyl groups is 2. The molecule has 0 bridgehead atoms. The minimum Gasteiger partial charge on any atom is -0.510 e. The summed E-state index contributed by atoms with van der Waals surface area (Å²) in [5, 5.41) is 19.9. The van der Waals surface area contributed by atoms with Gasteiger partial charge in [-0.25, -0.2) is 0 Å². The fraction of sp³-hybridized carbons (Fsp3) is 0.150. The van der Waals surface area contributed by atoms with Gasteiger partial charge in [0.05, 0.1) is 23.7 Å². The number of pyridine rings is 1. The average molecular weight is 333 g/mol. The normalized spacial score (nSPS) is 15.8. The van der Waals surface area contributed by atoms with Crippen LogP contribution >= 0.6 is 0 Å². The van der Waals surface area contributed by atoms with E-state index in [4.69, 9.17) is 0 Å². The van der Waals surface area contributed by atoms with E-state index in [1.807, 2.05) is 47.6 Å². The number of H-pyrrole nitrogens is 1. The molecule has 3 N–H and O–H groups in total. The standard InChI is InChI=1S/C20H19N3O2/c1-13(24)20-6-5-17(25)12-23(20)16-4-2-3-14(9-16)15-10-19-18(22-11-15)7-8-21-19/h2-11,13,21,24-25H,12H2,1H3. The molecule has 0 fully saturated rings. The lowest BCUT2D eigenvalue weighted by molar-refractivity contribution is 0.226. The molecule has 1 atom stereocenters. The lowest BCUT2D eigenvalue weighted by Crippen LogP contribution is -2.32. The minimum absolute atomic E-state index is 0.268. The Morgan fingerprint density at radius 3 is 2.88 bits per heavy atom.